The zero-order valence-electron chi connectivity index (χ0n) is 13.3. The van der Waals surface area contributed by atoms with Gasteiger partial charge in [-0.05, 0) is 30.0 Å². The first-order chi connectivity index (χ1) is 12.3. The predicted molar refractivity (Wildman–Crippen MR) is 95.8 cm³/mol. The van der Waals surface area contributed by atoms with E-state index in [1.54, 1.807) is 6.92 Å². The third kappa shape index (κ3) is 3.91. The number of benzene rings is 1. The molecule has 1 aromatic carbocycles. The Kier molecular flexibility index (Phi) is 5.05. The molecule has 0 atom stereocenters. The largest absolute Gasteiger partial charge is 0.418 e. The summed E-state index contributed by atoms with van der Waals surface area (Å²) in [5, 5.41) is 4.80. The van der Waals surface area contributed by atoms with Crippen LogP contribution in [0.3, 0.4) is 0 Å². The second-order valence-corrected chi connectivity index (χ2v) is 7.17. The molecule has 26 heavy (non-hydrogen) atoms. The van der Waals surface area contributed by atoms with Gasteiger partial charge in [-0.1, -0.05) is 23.9 Å². The van der Waals surface area contributed by atoms with E-state index in [9.17, 15) is 22.8 Å². The Bertz CT molecular complexity index is 1030. The number of carbonyl (C=O) groups is 1. The van der Waals surface area contributed by atoms with E-state index in [2.05, 4.69) is 15.3 Å². The second kappa shape index (κ2) is 7.12. The summed E-state index contributed by atoms with van der Waals surface area (Å²) in [4.78, 5) is 31.4. The van der Waals surface area contributed by atoms with E-state index < -0.39 is 17.6 Å². The number of halogens is 3. The zero-order valence-corrected chi connectivity index (χ0v) is 14.9. The molecule has 136 valence electrons. The van der Waals surface area contributed by atoms with Crippen LogP contribution in [0, 0.1) is 6.92 Å². The molecule has 3 rings (SSSR count). The van der Waals surface area contributed by atoms with Crippen molar-refractivity contribution in [2.45, 2.75) is 18.3 Å². The maximum Gasteiger partial charge on any atom is 0.418 e. The van der Waals surface area contributed by atoms with Crippen LogP contribution in [-0.2, 0) is 11.0 Å². The number of aromatic amines is 1. The van der Waals surface area contributed by atoms with Gasteiger partial charge in [0.15, 0.2) is 5.16 Å². The van der Waals surface area contributed by atoms with Crippen LogP contribution in [0.15, 0.2) is 39.6 Å². The van der Waals surface area contributed by atoms with Gasteiger partial charge in [0, 0.05) is 0 Å². The number of nitrogens with zero attached hydrogens (tertiary/aromatic N) is 1. The van der Waals surface area contributed by atoms with Crippen LogP contribution in [0.4, 0.5) is 18.9 Å². The minimum Gasteiger partial charge on any atom is -0.325 e. The molecule has 0 aliphatic rings. The van der Waals surface area contributed by atoms with Gasteiger partial charge in [-0.15, -0.1) is 11.3 Å². The van der Waals surface area contributed by atoms with Crippen molar-refractivity contribution in [2.75, 3.05) is 11.1 Å². The molecule has 10 heteroatoms. The molecule has 1 amide bonds. The summed E-state index contributed by atoms with van der Waals surface area (Å²) in [6, 6.07) is 4.74. The summed E-state index contributed by atoms with van der Waals surface area (Å²) in [5.74, 6) is -0.817. The van der Waals surface area contributed by atoms with Crippen LogP contribution in [0.2, 0.25) is 0 Å². The number of H-pyrrole nitrogens is 1. The van der Waals surface area contributed by atoms with Crippen molar-refractivity contribution < 1.29 is 18.0 Å². The highest BCUT2D eigenvalue weighted by Crippen LogP contribution is 2.34. The molecule has 0 spiro atoms. The Balaban J connectivity index is 1.72. The molecule has 0 unspecified atom stereocenters. The molecule has 2 aromatic heterocycles. The monoisotopic (exact) mass is 399 g/mol. The molecule has 2 N–H and O–H groups in total. The lowest BCUT2D eigenvalue weighted by atomic mass is 10.1. The summed E-state index contributed by atoms with van der Waals surface area (Å²) in [5.41, 5.74) is -0.715. The van der Waals surface area contributed by atoms with Crippen molar-refractivity contribution in [3.05, 3.63) is 51.1 Å². The van der Waals surface area contributed by atoms with Gasteiger partial charge < -0.3 is 10.3 Å². The van der Waals surface area contributed by atoms with Crippen molar-refractivity contribution in [1.82, 2.24) is 9.97 Å². The van der Waals surface area contributed by atoms with Crippen LogP contribution in [-0.4, -0.2) is 21.6 Å². The highest BCUT2D eigenvalue weighted by molar-refractivity contribution is 7.99. The van der Waals surface area contributed by atoms with Crippen molar-refractivity contribution >= 4 is 44.9 Å². The molecule has 2 heterocycles. The number of hydrogen-bond acceptors (Lipinski definition) is 5. The standard InChI is InChI=1S/C16H12F3N3O2S2/c1-8-6-25-14-12(8)13(24)21-15(22-14)26-7-11(23)20-10-5-3-2-4-9(10)16(17,18)19/h2-6H,7H2,1H3,(H,20,23)(H,21,22,24). The van der Waals surface area contributed by atoms with Crippen LogP contribution in [0.1, 0.15) is 11.1 Å². The fourth-order valence-corrected chi connectivity index (χ4v) is 3.94. The first kappa shape index (κ1) is 18.5. The highest BCUT2D eigenvalue weighted by Gasteiger charge is 2.33. The summed E-state index contributed by atoms with van der Waals surface area (Å²) >= 11 is 2.26. The number of fused-ring (bicyclic) bond motifs is 1. The molecule has 5 nitrogen and oxygen atoms in total. The van der Waals surface area contributed by atoms with Crippen LogP contribution >= 0.6 is 23.1 Å². The van der Waals surface area contributed by atoms with E-state index in [4.69, 9.17) is 0 Å². The lowest BCUT2D eigenvalue weighted by molar-refractivity contribution is -0.137. The van der Waals surface area contributed by atoms with Gasteiger partial charge in [0.05, 0.1) is 22.4 Å². The number of nitrogens with one attached hydrogen (secondary N) is 2. The minimum atomic E-state index is -4.56. The Morgan fingerprint density at radius 1 is 1.35 bits per heavy atom. The van der Waals surface area contributed by atoms with Crippen molar-refractivity contribution in [1.29, 1.82) is 0 Å². The number of thiophene rings is 1. The number of amides is 1. The molecule has 3 aromatic rings. The number of thioether (sulfide) groups is 1. The van der Waals surface area contributed by atoms with Gasteiger partial charge in [-0.2, -0.15) is 13.2 Å². The minimum absolute atomic E-state index is 0.189. The van der Waals surface area contributed by atoms with E-state index in [0.29, 0.717) is 10.2 Å². The van der Waals surface area contributed by atoms with Gasteiger partial charge in [-0.25, -0.2) is 4.98 Å². The number of anilines is 1. The lowest BCUT2D eigenvalue weighted by Crippen LogP contribution is -2.18. The fraction of sp³-hybridized carbons (Fsp3) is 0.188. The van der Waals surface area contributed by atoms with Crippen LogP contribution in [0.5, 0.6) is 0 Å². The van der Waals surface area contributed by atoms with Crippen molar-refractivity contribution in [2.24, 2.45) is 0 Å². The average molecular weight is 399 g/mol. The quantitative estimate of drug-likeness (QED) is 0.513. The summed E-state index contributed by atoms with van der Waals surface area (Å²) in [7, 11) is 0. The van der Waals surface area contributed by atoms with E-state index in [0.717, 1.165) is 23.4 Å². The molecule has 0 saturated heterocycles. The van der Waals surface area contributed by atoms with E-state index >= 15 is 0 Å². The number of para-hydroxylation sites is 1. The van der Waals surface area contributed by atoms with Gasteiger partial charge in [0.1, 0.15) is 4.83 Å². The number of aromatic nitrogens is 2. The number of alkyl halides is 3. The average Bonchev–Trinajstić information content (AvgIpc) is 2.94. The Morgan fingerprint density at radius 3 is 2.81 bits per heavy atom. The van der Waals surface area contributed by atoms with Crippen molar-refractivity contribution in [3.8, 4) is 0 Å². The number of rotatable bonds is 4. The normalized spacial score (nSPS) is 11.7. The Labute approximate surface area is 153 Å². The predicted octanol–water partition coefficient (Wildman–Crippen LogP) is 4.04. The topological polar surface area (TPSA) is 74.8 Å². The summed E-state index contributed by atoms with van der Waals surface area (Å²) in [6.45, 7) is 1.80. The first-order valence-corrected chi connectivity index (χ1v) is 9.19. The maximum absolute atomic E-state index is 12.9. The number of carbonyl (C=O) groups excluding carboxylic acids is 1. The number of hydrogen-bond donors (Lipinski definition) is 2. The Hall–Kier alpha value is -2.33. The molecule has 0 saturated carbocycles. The highest BCUT2D eigenvalue weighted by atomic mass is 32.2. The van der Waals surface area contributed by atoms with Gasteiger partial charge in [0.2, 0.25) is 5.91 Å². The molecule has 0 aliphatic heterocycles. The lowest BCUT2D eigenvalue weighted by Gasteiger charge is -2.13. The summed E-state index contributed by atoms with van der Waals surface area (Å²) < 4.78 is 38.8. The third-order valence-corrected chi connectivity index (χ3v) is 5.32. The van der Waals surface area contributed by atoms with Crippen molar-refractivity contribution in [3.63, 3.8) is 0 Å². The first-order valence-electron chi connectivity index (χ1n) is 7.32. The second-order valence-electron chi connectivity index (χ2n) is 5.35. The number of aryl methyl sites for hydroxylation is 1. The molecule has 0 aliphatic carbocycles. The van der Waals surface area contributed by atoms with E-state index in [1.165, 1.54) is 29.5 Å². The van der Waals surface area contributed by atoms with E-state index in [1.807, 2.05) is 5.38 Å². The smallest absolute Gasteiger partial charge is 0.325 e. The van der Waals surface area contributed by atoms with E-state index in [-0.39, 0.29) is 22.2 Å². The van der Waals surface area contributed by atoms with Gasteiger partial charge in [0.25, 0.3) is 5.56 Å². The van der Waals surface area contributed by atoms with Gasteiger partial charge in [-0.3, -0.25) is 9.59 Å². The van der Waals surface area contributed by atoms with Crippen LogP contribution in [0.25, 0.3) is 10.2 Å². The SMILES string of the molecule is Cc1csc2nc(SCC(=O)Nc3ccccc3C(F)(F)F)[nH]c(=O)c12. The molecule has 0 radical (unpaired) electrons. The van der Waals surface area contributed by atoms with Crippen LogP contribution < -0.4 is 10.9 Å². The Morgan fingerprint density at radius 2 is 2.08 bits per heavy atom. The summed E-state index contributed by atoms with van der Waals surface area (Å²) in [6.07, 6.45) is -4.56. The third-order valence-electron chi connectivity index (χ3n) is 3.45. The molecular formula is C16H12F3N3O2S2. The fourth-order valence-electron chi connectivity index (χ4n) is 2.30. The van der Waals surface area contributed by atoms with Gasteiger partial charge >= 0.3 is 6.18 Å². The molecule has 0 fully saturated rings. The maximum atomic E-state index is 12.9. The molecular weight excluding hydrogens is 387 g/mol. The molecule has 0 bridgehead atoms. The zero-order chi connectivity index (χ0) is 18.9.